The van der Waals surface area contributed by atoms with Crippen LogP contribution in [0.25, 0.3) is 0 Å². The summed E-state index contributed by atoms with van der Waals surface area (Å²) in [6, 6.07) is 7.50. The van der Waals surface area contributed by atoms with Gasteiger partial charge in [0.2, 0.25) is 0 Å². The summed E-state index contributed by atoms with van der Waals surface area (Å²) in [4.78, 5) is 25.9. The minimum atomic E-state index is -4.69. The summed E-state index contributed by atoms with van der Waals surface area (Å²) in [5, 5.41) is 13.9. The molecule has 1 aliphatic rings. The summed E-state index contributed by atoms with van der Waals surface area (Å²) in [7, 11) is 0. The summed E-state index contributed by atoms with van der Waals surface area (Å²) >= 11 is 5.21. The first-order chi connectivity index (χ1) is 14.6. The third-order valence-electron chi connectivity index (χ3n) is 4.71. The van der Waals surface area contributed by atoms with E-state index in [1.54, 1.807) is 9.80 Å². The predicted molar refractivity (Wildman–Crippen MR) is 108 cm³/mol. The molecule has 0 spiro atoms. The maximum absolute atomic E-state index is 13.3. The average Bonchev–Trinajstić information content (AvgIpc) is 2.72. The van der Waals surface area contributed by atoms with Gasteiger partial charge in [-0.3, -0.25) is 20.2 Å². The van der Waals surface area contributed by atoms with Gasteiger partial charge >= 0.3 is 6.18 Å². The van der Waals surface area contributed by atoms with Crippen LogP contribution in [-0.4, -0.2) is 47.0 Å². The van der Waals surface area contributed by atoms with Gasteiger partial charge in [0.15, 0.2) is 5.11 Å². The van der Waals surface area contributed by atoms with Crippen LogP contribution in [0.2, 0.25) is 0 Å². The first kappa shape index (κ1) is 22.4. The summed E-state index contributed by atoms with van der Waals surface area (Å²) in [6.07, 6.45) is -4.69. The topological polar surface area (TPSA) is 78.7 Å². The number of hydrogen-bond donors (Lipinski definition) is 1. The van der Waals surface area contributed by atoms with Gasteiger partial charge in [0.1, 0.15) is 11.5 Å². The minimum Gasteiger partial charge on any atom is -0.362 e. The molecule has 0 saturated carbocycles. The van der Waals surface area contributed by atoms with Crippen LogP contribution >= 0.6 is 12.2 Å². The molecule has 1 fully saturated rings. The molecule has 1 amide bonds. The lowest BCUT2D eigenvalue weighted by Crippen LogP contribution is -2.52. The van der Waals surface area contributed by atoms with E-state index in [0.717, 1.165) is 18.2 Å². The molecule has 7 nitrogen and oxygen atoms in total. The van der Waals surface area contributed by atoms with Crippen molar-refractivity contribution in [2.24, 2.45) is 0 Å². The molecule has 164 valence electrons. The Bertz CT molecular complexity index is 1020. The number of nitro groups is 1. The van der Waals surface area contributed by atoms with Crippen molar-refractivity contribution < 1.29 is 27.3 Å². The standard InChI is InChI=1S/C19H16F4N4O3S/c20-14-3-1-2-12(10-14)17(28)24-18(31)26-8-6-25(7-9-26)15-5-4-13(19(21,22)23)11-16(15)27(29)30/h1-5,10-11H,6-9H2,(H,24,28,31). The number of nitro benzene ring substituents is 1. The zero-order chi connectivity index (χ0) is 22.8. The van der Waals surface area contributed by atoms with E-state index in [1.165, 1.54) is 18.2 Å². The van der Waals surface area contributed by atoms with E-state index in [4.69, 9.17) is 12.2 Å². The number of alkyl halides is 3. The molecule has 31 heavy (non-hydrogen) atoms. The SMILES string of the molecule is O=C(NC(=S)N1CCN(c2ccc(C(F)(F)F)cc2[N+](=O)[O-])CC1)c1cccc(F)c1. The zero-order valence-corrected chi connectivity index (χ0v) is 16.7. The number of anilines is 1. The molecule has 0 unspecified atom stereocenters. The van der Waals surface area contributed by atoms with Crippen molar-refractivity contribution in [2.45, 2.75) is 6.18 Å². The van der Waals surface area contributed by atoms with Gasteiger partial charge in [-0.05, 0) is 42.5 Å². The molecule has 12 heteroatoms. The Kier molecular flexibility index (Phi) is 6.39. The van der Waals surface area contributed by atoms with Gasteiger partial charge in [-0.1, -0.05) is 6.07 Å². The fourth-order valence-corrected chi connectivity index (χ4v) is 3.42. The molecule has 2 aromatic rings. The highest BCUT2D eigenvalue weighted by atomic mass is 32.1. The predicted octanol–water partition coefficient (Wildman–Crippen LogP) is 3.59. The monoisotopic (exact) mass is 456 g/mol. The maximum Gasteiger partial charge on any atom is 0.416 e. The molecule has 1 heterocycles. The van der Waals surface area contributed by atoms with Crippen LogP contribution in [0, 0.1) is 15.9 Å². The van der Waals surface area contributed by atoms with E-state index in [2.05, 4.69) is 5.32 Å². The Labute approximate surface area is 179 Å². The zero-order valence-electron chi connectivity index (χ0n) is 15.9. The minimum absolute atomic E-state index is 0.0763. The summed E-state index contributed by atoms with van der Waals surface area (Å²) in [5.74, 6) is -1.14. The van der Waals surface area contributed by atoms with Crippen LogP contribution < -0.4 is 10.2 Å². The van der Waals surface area contributed by atoms with Crippen molar-refractivity contribution in [1.82, 2.24) is 10.2 Å². The van der Waals surface area contributed by atoms with Crippen molar-refractivity contribution in [2.75, 3.05) is 31.1 Å². The van der Waals surface area contributed by atoms with Crippen LogP contribution in [0.15, 0.2) is 42.5 Å². The van der Waals surface area contributed by atoms with Crippen molar-refractivity contribution in [1.29, 1.82) is 0 Å². The molecule has 2 aromatic carbocycles. The van der Waals surface area contributed by atoms with Crippen LogP contribution in [0.5, 0.6) is 0 Å². The third-order valence-corrected chi connectivity index (χ3v) is 5.07. The van der Waals surface area contributed by atoms with E-state index in [-0.39, 0.29) is 42.5 Å². The Morgan fingerprint density at radius 2 is 1.77 bits per heavy atom. The van der Waals surface area contributed by atoms with Crippen LogP contribution in [0.3, 0.4) is 0 Å². The highest BCUT2D eigenvalue weighted by Crippen LogP contribution is 2.36. The number of rotatable bonds is 3. The fraction of sp³-hybridized carbons (Fsp3) is 0.263. The lowest BCUT2D eigenvalue weighted by molar-refractivity contribution is -0.384. The Morgan fingerprint density at radius 1 is 1.10 bits per heavy atom. The molecule has 0 radical (unpaired) electrons. The number of nitrogens with one attached hydrogen (secondary N) is 1. The summed E-state index contributed by atoms with van der Waals surface area (Å²) < 4.78 is 51.9. The van der Waals surface area contributed by atoms with Crippen LogP contribution in [0.4, 0.5) is 28.9 Å². The van der Waals surface area contributed by atoms with Crippen molar-refractivity contribution in [3.8, 4) is 0 Å². The van der Waals surface area contributed by atoms with Gasteiger partial charge in [0, 0.05) is 37.8 Å². The quantitative estimate of drug-likeness (QED) is 0.329. The van der Waals surface area contributed by atoms with E-state index in [1.807, 2.05) is 0 Å². The van der Waals surface area contributed by atoms with E-state index in [0.29, 0.717) is 6.07 Å². The second-order valence-electron chi connectivity index (χ2n) is 6.70. The fourth-order valence-electron chi connectivity index (χ4n) is 3.14. The molecule has 1 saturated heterocycles. The summed E-state index contributed by atoms with van der Waals surface area (Å²) in [5.41, 5.74) is -1.55. The average molecular weight is 456 g/mol. The molecule has 0 aliphatic carbocycles. The molecule has 0 atom stereocenters. The van der Waals surface area contributed by atoms with E-state index in [9.17, 15) is 32.5 Å². The van der Waals surface area contributed by atoms with Gasteiger partial charge in [-0.2, -0.15) is 13.2 Å². The van der Waals surface area contributed by atoms with Gasteiger partial charge in [-0.25, -0.2) is 4.39 Å². The first-order valence-corrected chi connectivity index (χ1v) is 9.43. The third kappa shape index (κ3) is 5.26. The largest absolute Gasteiger partial charge is 0.416 e. The van der Waals surface area contributed by atoms with E-state index < -0.39 is 34.1 Å². The number of amides is 1. The van der Waals surface area contributed by atoms with Gasteiger partial charge in [-0.15, -0.1) is 0 Å². The number of thiocarbonyl (C=S) groups is 1. The maximum atomic E-state index is 13.3. The highest BCUT2D eigenvalue weighted by Gasteiger charge is 2.34. The highest BCUT2D eigenvalue weighted by molar-refractivity contribution is 7.80. The van der Waals surface area contributed by atoms with Crippen molar-refractivity contribution in [3.05, 3.63) is 69.5 Å². The second kappa shape index (κ2) is 8.84. The number of hydrogen-bond acceptors (Lipinski definition) is 5. The number of nitrogens with zero attached hydrogens (tertiary/aromatic N) is 3. The number of piperazine rings is 1. The normalized spacial score (nSPS) is 14.3. The van der Waals surface area contributed by atoms with Crippen molar-refractivity contribution in [3.63, 3.8) is 0 Å². The van der Waals surface area contributed by atoms with Crippen LogP contribution in [0.1, 0.15) is 15.9 Å². The van der Waals surface area contributed by atoms with E-state index >= 15 is 0 Å². The molecule has 1 aliphatic heterocycles. The number of carbonyl (C=O) groups excluding carboxylic acids is 1. The number of benzene rings is 2. The molecule has 0 aromatic heterocycles. The smallest absolute Gasteiger partial charge is 0.362 e. The molecule has 0 bridgehead atoms. The Morgan fingerprint density at radius 3 is 2.35 bits per heavy atom. The van der Waals surface area contributed by atoms with Crippen LogP contribution in [-0.2, 0) is 6.18 Å². The molecular formula is C19H16F4N4O3S. The number of carbonyl (C=O) groups is 1. The summed E-state index contributed by atoms with van der Waals surface area (Å²) in [6.45, 7) is 1.03. The Balaban J connectivity index is 1.66. The second-order valence-corrected chi connectivity index (χ2v) is 7.09. The Hall–Kier alpha value is -3.28. The molecule has 1 N–H and O–H groups in total. The lowest BCUT2D eigenvalue weighted by Gasteiger charge is -2.37. The number of halogens is 4. The lowest BCUT2D eigenvalue weighted by atomic mass is 10.1. The van der Waals surface area contributed by atoms with Gasteiger partial charge in [0.05, 0.1) is 10.5 Å². The van der Waals surface area contributed by atoms with Crippen molar-refractivity contribution >= 4 is 34.6 Å². The van der Waals surface area contributed by atoms with Gasteiger partial charge in [0.25, 0.3) is 11.6 Å². The van der Waals surface area contributed by atoms with Gasteiger partial charge < -0.3 is 9.80 Å². The molecular weight excluding hydrogens is 440 g/mol. The first-order valence-electron chi connectivity index (χ1n) is 9.02. The molecule has 3 rings (SSSR count).